The Bertz CT molecular complexity index is 459. The molecule has 4 heteroatoms. The number of carbonyl (C=O) groups excluding carboxylic acids is 1. The van der Waals surface area contributed by atoms with E-state index in [0.717, 1.165) is 26.1 Å². The molecule has 1 amide bonds. The normalized spacial score (nSPS) is 18.3. The van der Waals surface area contributed by atoms with Crippen LogP contribution in [-0.4, -0.2) is 25.7 Å². The Hall–Kier alpha value is -1.86. The molecular weight excluding hydrogens is 228 g/mol. The summed E-state index contributed by atoms with van der Waals surface area (Å²) < 4.78 is 5.28. The lowest BCUT2D eigenvalue weighted by atomic mass is 10.1. The highest BCUT2D eigenvalue weighted by Gasteiger charge is 2.15. The second kappa shape index (κ2) is 6.18. The van der Waals surface area contributed by atoms with Gasteiger partial charge in [0.25, 0.3) is 5.91 Å². The molecular formula is C14H16N2O2. The van der Waals surface area contributed by atoms with Gasteiger partial charge in [0.05, 0.1) is 11.6 Å². The average molecular weight is 244 g/mol. The number of carbonyl (C=O) groups is 1. The van der Waals surface area contributed by atoms with Crippen LogP contribution in [0.15, 0.2) is 24.3 Å². The predicted molar refractivity (Wildman–Crippen MR) is 67.0 cm³/mol. The minimum atomic E-state index is -0.119. The van der Waals surface area contributed by atoms with Crippen LogP contribution in [0, 0.1) is 17.2 Å². The molecule has 1 atom stereocenters. The summed E-state index contributed by atoms with van der Waals surface area (Å²) >= 11 is 0. The second-order valence-electron chi connectivity index (χ2n) is 4.47. The molecule has 0 saturated carbocycles. The van der Waals surface area contributed by atoms with Crippen LogP contribution in [0.2, 0.25) is 0 Å². The molecule has 1 saturated heterocycles. The first-order valence-corrected chi connectivity index (χ1v) is 6.15. The minimum Gasteiger partial charge on any atom is -0.381 e. The highest BCUT2D eigenvalue weighted by molar-refractivity contribution is 5.94. The standard InChI is InChI=1S/C14H16N2O2/c15-9-12-2-1-3-13(8-12)14(17)16-6-4-11-5-7-18-10-11/h1-3,8,11H,4-7,10H2,(H,16,17). The molecule has 1 aliphatic rings. The Kier molecular flexibility index (Phi) is 4.32. The molecule has 0 aromatic heterocycles. The van der Waals surface area contributed by atoms with Crippen molar-refractivity contribution in [2.45, 2.75) is 12.8 Å². The molecule has 1 aromatic carbocycles. The third-order valence-electron chi connectivity index (χ3n) is 3.12. The van der Waals surface area contributed by atoms with E-state index in [0.29, 0.717) is 23.6 Å². The van der Waals surface area contributed by atoms with E-state index in [9.17, 15) is 4.79 Å². The molecule has 2 rings (SSSR count). The summed E-state index contributed by atoms with van der Waals surface area (Å²) in [6, 6.07) is 8.76. The quantitative estimate of drug-likeness (QED) is 0.877. The van der Waals surface area contributed by atoms with Crippen molar-refractivity contribution in [2.24, 2.45) is 5.92 Å². The van der Waals surface area contributed by atoms with Gasteiger partial charge in [-0.3, -0.25) is 4.79 Å². The molecule has 0 bridgehead atoms. The number of amides is 1. The summed E-state index contributed by atoms with van der Waals surface area (Å²) in [5.74, 6) is 0.446. The van der Waals surface area contributed by atoms with Gasteiger partial charge in [-0.15, -0.1) is 0 Å². The summed E-state index contributed by atoms with van der Waals surface area (Å²) in [5, 5.41) is 11.6. The van der Waals surface area contributed by atoms with Gasteiger partial charge in [0.1, 0.15) is 0 Å². The van der Waals surface area contributed by atoms with Crippen molar-refractivity contribution in [3.8, 4) is 6.07 Å². The third-order valence-corrected chi connectivity index (χ3v) is 3.12. The van der Waals surface area contributed by atoms with E-state index < -0.39 is 0 Å². The summed E-state index contributed by atoms with van der Waals surface area (Å²) in [7, 11) is 0. The van der Waals surface area contributed by atoms with Crippen LogP contribution in [0.25, 0.3) is 0 Å². The summed E-state index contributed by atoms with van der Waals surface area (Å²) in [6.45, 7) is 2.30. The van der Waals surface area contributed by atoms with Gasteiger partial charge in [-0.1, -0.05) is 6.07 Å². The number of nitrogens with one attached hydrogen (secondary N) is 1. The van der Waals surface area contributed by atoms with E-state index in [2.05, 4.69) is 5.32 Å². The molecule has 1 aliphatic heterocycles. The SMILES string of the molecule is N#Cc1cccc(C(=O)NCCC2CCOC2)c1. The van der Waals surface area contributed by atoms with Crippen molar-refractivity contribution >= 4 is 5.91 Å². The van der Waals surface area contributed by atoms with Crippen molar-refractivity contribution in [1.29, 1.82) is 5.26 Å². The number of rotatable bonds is 4. The van der Waals surface area contributed by atoms with Crippen molar-refractivity contribution in [1.82, 2.24) is 5.32 Å². The Labute approximate surface area is 107 Å². The molecule has 1 fully saturated rings. The number of nitrogens with zero attached hydrogens (tertiary/aromatic N) is 1. The first kappa shape index (κ1) is 12.6. The molecule has 1 unspecified atom stereocenters. The molecule has 1 aromatic rings. The number of benzene rings is 1. The van der Waals surface area contributed by atoms with E-state index in [-0.39, 0.29) is 5.91 Å². The third kappa shape index (κ3) is 3.31. The van der Waals surface area contributed by atoms with Crippen LogP contribution in [0.4, 0.5) is 0 Å². The Morgan fingerprint density at radius 1 is 1.56 bits per heavy atom. The Morgan fingerprint density at radius 3 is 3.17 bits per heavy atom. The van der Waals surface area contributed by atoms with Gasteiger partial charge in [-0.2, -0.15) is 5.26 Å². The topological polar surface area (TPSA) is 62.1 Å². The molecule has 94 valence electrons. The molecule has 18 heavy (non-hydrogen) atoms. The van der Waals surface area contributed by atoms with Gasteiger partial charge in [-0.25, -0.2) is 0 Å². The fourth-order valence-corrected chi connectivity index (χ4v) is 2.03. The maximum atomic E-state index is 11.8. The molecule has 0 radical (unpaired) electrons. The summed E-state index contributed by atoms with van der Waals surface area (Å²) in [4.78, 5) is 11.8. The van der Waals surface area contributed by atoms with E-state index in [1.54, 1.807) is 24.3 Å². The number of hydrogen-bond acceptors (Lipinski definition) is 3. The van der Waals surface area contributed by atoms with Gasteiger partial charge < -0.3 is 10.1 Å². The van der Waals surface area contributed by atoms with E-state index in [1.807, 2.05) is 6.07 Å². The molecule has 1 N–H and O–H groups in total. The molecule has 0 spiro atoms. The molecule has 0 aliphatic carbocycles. The van der Waals surface area contributed by atoms with E-state index >= 15 is 0 Å². The average Bonchev–Trinajstić information content (AvgIpc) is 2.92. The minimum absolute atomic E-state index is 0.119. The smallest absolute Gasteiger partial charge is 0.251 e. The number of ether oxygens (including phenoxy) is 1. The maximum absolute atomic E-state index is 11.8. The highest BCUT2D eigenvalue weighted by Crippen LogP contribution is 2.15. The van der Waals surface area contributed by atoms with Gasteiger partial charge in [0.15, 0.2) is 0 Å². The van der Waals surface area contributed by atoms with Crippen molar-refractivity contribution < 1.29 is 9.53 Å². The van der Waals surface area contributed by atoms with Crippen LogP contribution in [0.5, 0.6) is 0 Å². The monoisotopic (exact) mass is 244 g/mol. The number of nitriles is 1. The first-order valence-electron chi connectivity index (χ1n) is 6.15. The zero-order valence-electron chi connectivity index (χ0n) is 10.2. The van der Waals surface area contributed by atoms with Gasteiger partial charge >= 0.3 is 0 Å². The van der Waals surface area contributed by atoms with Crippen molar-refractivity contribution in [3.63, 3.8) is 0 Å². The maximum Gasteiger partial charge on any atom is 0.251 e. The van der Waals surface area contributed by atoms with Crippen molar-refractivity contribution in [2.75, 3.05) is 19.8 Å². The Morgan fingerprint density at radius 2 is 2.44 bits per heavy atom. The number of hydrogen-bond donors (Lipinski definition) is 1. The summed E-state index contributed by atoms with van der Waals surface area (Å²) in [6.07, 6.45) is 2.03. The zero-order valence-corrected chi connectivity index (χ0v) is 10.2. The van der Waals surface area contributed by atoms with Crippen LogP contribution in [0.1, 0.15) is 28.8 Å². The van der Waals surface area contributed by atoms with Crippen LogP contribution in [-0.2, 0) is 4.74 Å². The lowest BCUT2D eigenvalue weighted by Gasteiger charge is -2.08. The summed E-state index contributed by atoms with van der Waals surface area (Å²) in [5.41, 5.74) is 1.04. The highest BCUT2D eigenvalue weighted by atomic mass is 16.5. The van der Waals surface area contributed by atoms with E-state index in [4.69, 9.17) is 10.00 Å². The van der Waals surface area contributed by atoms with E-state index in [1.165, 1.54) is 0 Å². The fraction of sp³-hybridized carbons (Fsp3) is 0.429. The van der Waals surface area contributed by atoms with Crippen LogP contribution in [0.3, 0.4) is 0 Å². The molecule has 1 heterocycles. The Balaban J connectivity index is 1.81. The van der Waals surface area contributed by atoms with Crippen molar-refractivity contribution in [3.05, 3.63) is 35.4 Å². The zero-order chi connectivity index (χ0) is 12.8. The van der Waals surface area contributed by atoms with Crippen LogP contribution < -0.4 is 5.32 Å². The largest absolute Gasteiger partial charge is 0.381 e. The lowest BCUT2D eigenvalue weighted by molar-refractivity contribution is 0.0950. The van der Waals surface area contributed by atoms with Gasteiger partial charge in [0, 0.05) is 25.3 Å². The lowest BCUT2D eigenvalue weighted by Crippen LogP contribution is -2.26. The molecule has 4 nitrogen and oxygen atoms in total. The second-order valence-corrected chi connectivity index (χ2v) is 4.47. The fourth-order valence-electron chi connectivity index (χ4n) is 2.03. The first-order chi connectivity index (χ1) is 8.79. The predicted octanol–water partition coefficient (Wildman–Crippen LogP) is 1.71. The van der Waals surface area contributed by atoms with Gasteiger partial charge in [-0.05, 0) is 37.0 Å². The van der Waals surface area contributed by atoms with Crippen LogP contribution >= 0.6 is 0 Å². The van der Waals surface area contributed by atoms with Gasteiger partial charge in [0.2, 0.25) is 0 Å².